The van der Waals surface area contributed by atoms with E-state index in [9.17, 15) is 28.4 Å². The third kappa shape index (κ3) is 9.86. The second-order valence-corrected chi connectivity index (χ2v) is 16.2. The van der Waals surface area contributed by atoms with Gasteiger partial charge in [0.15, 0.2) is 5.82 Å². The Kier molecular flexibility index (Phi) is 12.8. The van der Waals surface area contributed by atoms with E-state index < -0.39 is 44.2 Å². The fourth-order valence-electron chi connectivity index (χ4n) is 6.77. The fourth-order valence-corrected chi connectivity index (χ4v) is 8.41. The number of carbonyl (C=O) groups excluding carboxylic acids is 1. The van der Waals surface area contributed by atoms with E-state index in [1.54, 1.807) is 4.68 Å². The van der Waals surface area contributed by atoms with Crippen LogP contribution in [0.15, 0.2) is 10.2 Å². The normalized spacial score (nSPS) is 28.5. The quantitative estimate of drug-likeness (QED) is 0.101. The van der Waals surface area contributed by atoms with E-state index in [4.69, 9.17) is 32.9 Å². The summed E-state index contributed by atoms with van der Waals surface area (Å²) in [4.78, 5) is 23.9. The van der Waals surface area contributed by atoms with E-state index in [0.717, 1.165) is 19.3 Å². The molecule has 45 heavy (non-hydrogen) atoms. The Hall–Kier alpha value is -2.27. The monoisotopic (exact) mass is 688 g/mol. The number of carbonyl (C=O) groups is 2. The Labute approximate surface area is 276 Å². The molecule has 2 fully saturated rings. The molecule has 1 heterocycles. The molecule has 6 unspecified atom stereocenters. The molecule has 3 N–H and O–H groups in total. The van der Waals surface area contributed by atoms with Gasteiger partial charge in [0.1, 0.15) is 11.6 Å². The first-order valence-corrected chi connectivity index (χ1v) is 18.1. The lowest BCUT2D eigenvalue weighted by Crippen LogP contribution is -2.46. The van der Waals surface area contributed by atoms with Crippen molar-refractivity contribution >= 4 is 51.0 Å². The standard InChI is InChI=1S/C30H46Cl2N6O6S/c1-6-18(9-7-8-12-45(42,43)44)19-10-11-24(25(15-19)34-17(2)39)35-36-28-21(16-33)27(30(3,4)5)37-38(28)26-22(31)13-20(29(40)41)14-23(26)32/h18-20,22-26H,6-15H2,1-5H3,(H,34,39)(H,40,41)(H,42,43,44). The predicted octanol–water partition coefficient (Wildman–Crippen LogP) is 6.14. The smallest absolute Gasteiger partial charge is 0.306 e. The average Bonchev–Trinajstić information content (AvgIpc) is 3.29. The third-order valence-corrected chi connectivity index (χ3v) is 10.7. The Morgan fingerprint density at radius 1 is 1.18 bits per heavy atom. The molecule has 15 heteroatoms. The summed E-state index contributed by atoms with van der Waals surface area (Å²) in [7, 11) is -3.98. The van der Waals surface area contributed by atoms with Crippen molar-refractivity contribution in [3.8, 4) is 6.07 Å². The lowest BCUT2D eigenvalue weighted by Gasteiger charge is -2.37. The van der Waals surface area contributed by atoms with E-state index in [-0.39, 0.29) is 53.9 Å². The molecule has 1 amide bonds. The van der Waals surface area contributed by atoms with Crippen LogP contribution in [0.3, 0.4) is 0 Å². The summed E-state index contributed by atoms with van der Waals surface area (Å²) in [5, 5.41) is 35.6. The maximum atomic E-state index is 12.2. The van der Waals surface area contributed by atoms with Crippen LogP contribution in [0.5, 0.6) is 0 Å². The van der Waals surface area contributed by atoms with Crippen molar-refractivity contribution in [1.82, 2.24) is 15.1 Å². The van der Waals surface area contributed by atoms with E-state index >= 15 is 0 Å². The summed E-state index contributed by atoms with van der Waals surface area (Å²) < 4.78 is 32.8. The number of alkyl halides is 2. The zero-order valence-corrected chi connectivity index (χ0v) is 28.9. The molecule has 0 saturated heterocycles. The number of halogens is 2. The van der Waals surface area contributed by atoms with Crippen LogP contribution in [-0.2, 0) is 25.1 Å². The zero-order chi connectivity index (χ0) is 33.7. The number of nitrogens with one attached hydrogen (secondary N) is 1. The topological polar surface area (TPSA) is 187 Å². The summed E-state index contributed by atoms with van der Waals surface area (Å²) in [6.07, 6.45) is 5.32. The molecule has 2 saturated carbocycles. The number of hydrogen-bond donors (Lipinski definition) is 3. The van der Waals surface area contributed by atoms with Crippen LogP contribution < -0.4 is 5.32 Å². The van der Waals surface area contributed by atoms with Gasteiger partial charge in [-0.15, -0.1) is 28.3 Å². The number of unbranched alkanes of at least 4 members (excludes halogenated alkanes) is 1. The van der Waals surface area contributed by atoms with Gasteiger partial charge in [0, 0.05) is 12.3 Å². The number of nitriles is 1. The number of hydrogen-bond acceptors (Lipinski definition) is 8. The summed E-state index contributed by atoms with van der Waals surface area (Å²) in [6, 6.07) is 0.962. The van der Waals surface area contributed by atoms with Crippen LogP contribution in [0.4, 0.5) is 5.82 Å². The molecule has 0 aromatic carbocycles. The first-order chi connectivity index (χ1) is 21.0. The van der Waals surface area contributed by atoms with E-state index in [2.05, 4.69) is 28.5 Å². The number of azo groups is 1. The van der Waals surface area contributed by atoms with Crippen LogP contribution in [-0.4, -0.2) is 68.3 Å². The first kappa shape index (κ1) is 37.2. The molecule has 3 rings (SSSR count). The molecule has 0 bridgehead atoms. The van der Waals surface area contributed by atoms with Gasteiger partial charge in [-0.25, -0.2) is 4.68 Å². The molecule has 0 aliphatic heterocycles. The molecule has 2 aliphatic rings. The van der Waals surface area contributed by atoms with Crippen molar-refractivity contribution < 1.29 is 27.7 Å². The fraction of sp³-hybridized carbons (Fsp3) is 0.800. The van der Waals surface area contributed by atoms with Gasteiger partial charge in [0.25, 0.3) is 10.1 Å². The molecular weight excluding hydrogens is 643 g/mol. The summed E-state index contributed by atoms with van der Waals surface area (Å²) in [5.74, 6) is -1.26. The van der Waals surface area contributed by atoms with Crippen molar-refractivity contribution in [3.63, 3.8) is 0 Å². The highest BCUT2D eigenvalue weighted by molar-refractivity contribution is 7.85. The van der Waals surface area contributed by atoms with Gasteiger partial charge < -0.3 is 10.4 Å². The van der Waals surface area contributed by atoms with Gasteiger partial charge in [0.2, 0.25) is 5.91 Å². The minimum atomic E-state index is -3.98. The largest absolute Gasteiger partial charge is 0.481 e. The molecular formula is C30H46Cl2N6O6S. The van der Waals surface area contributed by atoms with E-state index in [1.165, 1.54) is 6.92 Å². The molecule has 12 nitrogen and oxygen atoms in total. The number of amides is 1. The minimum Gasteiger partial charge on any atom is -0.481 e. The predicted molar refractivity (Wildman–Crippen MR) is 172 cm³/mol. The Morgan fingerprint density at radius 2 is 1.82 bits per heavy atom. The van der Waals surface area contributed by atoms with Crippen molar-refractivity contribution in [2.45, 2.75) is 127 Å². The minimum absolute atomic E-state index is 0.190. The first-order valence-electron chi connectivity index (χ1n) is 15.6. The van der Waals surface area contributed by atoms with Crippen molar-refractivity contribution in [2.24, 2.45) is 28.0 Å². The molecule has 2 aliphatic carbocycles. The molecule has 252 valence electrons. The number of nitrogens with zero attached hydrogens (tertiary/aromatic N) is 5. The van der Waals surface area contributed by atoms with Crippen LogP contribution in [0, 0.1) is 29.1 Å². The number of carboxylic acids is 1. The maximum absolute atomic E-state index is 12.2. The Morgan fingerprint density at radius 3 is 2.33 bits per heavy atom. The molecule has 1 aromatic rings. The Bertz CT molecular complexity index is 1380. The van der Waals surface area contributed by atoms with Crippen molar-refractivity contribution in [1.29, 1.82) is 5.26 Å². The van der Waals surface area contributed by atoms with Gasteiger partial charge >= 0.3 is 5.97 Å². The molecule has 0 spiro atoms. The highest BCUT2D eigenvalue weighted by Crippen LogP contribution is 2.44. The third-order valence-electron chi connectivity index (χ3n) is 9.06. The van der Waals surface area contributed by atoms with Gasteiger partial charge in [-0.2, -0.15) is 23.9 Å². The number of carboxylic acid groups (broad SMARTS) is 1. The van der Waals surface area contributed by atoms with Crippen LogP contribution >= 0.6 is 23.2 Å². The van der Waals surface area contributed by atoms with Crippen LogP contribution in [0.25, 0.3) is 0 Å². The van der Waals surface area contributed by atoms with Crippen LogP contribution in [0.1, 0.15) is 110 Å². The summed E-state index contributed by atoms with van der Waals surface area (Å²) in [6.45, 7) is 9.35. The molecule has 6 atom stereocenters. The van der Waals surface area contributed by atoms with Gasteiger partial charge in [-0.05, 0) is 50.4 Å². The lowest BCUT2D eigenvalue weighted by atomic mass is 9.73. The lowest BCUT2D eigenvalue weighted by molar-refractivity contribution is -0.142. The second kappa shape index (κ2) is 15.5. The highest BCUT2D eigenvalue weighted by atomic mass is 35.5. The Balaban J connectivity index is 1.91. The van der Waals surface area contributed by atoms with Gasteiger partial charge in [0.05, 0.1) is 46.2 Å². The van der Waals surface area contributed by atoms with Crippen molar-refractivity contribution in [3.05, 3.63) is 11.3 Å². The van der Waals surface area contributed by atoms with Gasteiger partial charge in [-0.1, -0.05) is 47.0 Å². The second-order valence-electron chi connectivity index (χ2n) is 13.5. The SMILES string of the molecule is CCC(CCCCS(=O)(=O)O)C1CCC(N=Nc2c(C#N)c(C(C)(C)C)nn2C2C(Cl)CC(C(=O)O)CC2Cl)C(NC(C)=O)C1. The van der Waals surface area contributed by atoms with Gasteiger partial charge in [-0.3, -0.25) is 14.1 Å². The molecule has 0 radical (unpaired) electrons. The van der Waals surface area contributed by atoms with Crippen molar-refractivity contribution in [2.75, 3.05) is 5.75 Å². The van der Waals surface area contributed by atoms with E-state index in [0.29, 0.717) is 37.3 Å². The molecule has 1 aromatic heterocycles. The maximum Gasteiger partial charge on any atom is 0.306 e. The summed E-state index contributed by atoms with van der Waals surface area (Å²) >= 11 is 13.5. The number of aliphatic carboxylic acids is 1. The zero-order valence-electron chi connectivity index (χ0n) is 26.6. The number of aromatic nitrogens is 2. The van der Waals surface area contributed by atoms with E-state index in [1.807, 2.05) is 20.8 Å². The van der Waals surface area contributed by atoms with Crippen LogP contribution in [0.2, 0.25) is 0 Å². The summed E-state index contributed by atoms with van der Waals surface area (Å²) in [5.41, 5.74) is 0.240. The number of rotatable bonds is 12. The average molecular weight is 690 g/mol. The highest BCUT2D eigenvalue weighted by Gasteiger charge is 2.43.